The van der Waals surface area contributed by atoms with E-state index in [2.05, 4.69) is 71.8 Å². The van der Waals surface area contributed by atoms with Crippen molar-refractivity contribution in [2.24, 2.45) is 10.7 Å². The molecule has 3 aromatic carbocycles. The molecule has 3 aromatic rings. The first-order valence-corrected chi connectivity index (χ1v) is 9.39. The van der Waals surface area contributed by atoms with Crippen LogP contribution in [0, 0.1) is 0 Å². The molecule has 1 aliphatic heterocycles. The third-order valence-corrected chi connectivity index (χ3v) is 5.54. The average Bonchev–Trinajstić information content (AvgIpc) is 3.14. The Bertz CT molecular complexity index is 1080. The summed E-state index contributed by atoms with van der Waals surface area (Å²) in [4.78, 5) is 4.80. The molecule has 0 spiro atoms. The quantitative estimate of drug-likeness (QED) is 0.424. The van der Waals surface area contributed by atoms with Crippen molar-refractivity contribution in [1.29, 1.82) is 0 Å². The standard InChI is InChI=1S/C23H22N4/c1-26(27-15-5-8-16-6-2-3-10-21(16)27)23(24)25-20-14-13-18-12-11-17-7-4-9-19(20)22(17)18/h2-4,6-7,9-14H,5,8,15H2,1H3,(H2,24,25). The van der Waals surface area contributed by atoms with Gasteiger partial charge in [-0.05, 0) is 47.1 Å². The van der Waals surface area contributed by atoms with Gasteiger partial charge in [-0.25, -0.2) is 4.99 Å². The zero-order valence-corrected chi connectivity index (χ0v) is 15.4. The van der Waals surface area contributed by atoms with Gasteiger partial charge < -0.3 is 5.73 Å². The zero-order valence-electron chi connectivity index (χ0n) is 15.4. The Labute approximate surface area is 159 Å². The maximum Gasteiger partial charge on any atom is 0.215 e. The van der Waals surface area contributed by atoms with Gasteiger partial charge in [0.15, 0.2) is 0 Å². The fourth-order valence-corrected chi connectivity index (χ4v) is 4.15. The Balaban J connectivity index is 1.53. The first kappa shape index (κ1) is 15.9. The van der Waals surface area contributed by atoms with E-state index >= 15 is 0 Å². The van der Waals surface area contributed by atoms with Gasteiger partial charge in [0.1, 0.15) is 0 Å². The van der Waals surface area contributed by atoms with Crippen molar-refractivity contribution in [3.8, 4) is 0 Å². The molecule has 0 aromatic heterocycles. The highest BCUT2D eigenvalue weighted by Crippen LogP contribution is 2.36. The van der Waals surface area contributed by atoms with Gasteiger partial charge in [-0.15, -0.1) is 0 Å². The van der Waals surface area contributed by atoms with Crippen LogP contribution in [0.4, 0.5) is 11.4 Å². The summed E-state index contributed by atoms with van der Waals surface area (Å²) in [6, 6.07) is 19.0. The molecule has 0 unspecified atom stereocenters. The summed E-state index contributed by atoms with van der Waals surface area (Å²) in [6.45, 7) is 0.942. The van der Waals surface area contributed by atoms with Gasteiger partial charge in [0.05, 0.1) is 11.4 Å². The minimum absolute atomic E-state index is 0.498. The number of nitrogens with zero attached hydrogens (tertiary/aromatic N) is 3. The molecular formula is C23H22N4. The number of hydrogen-bond donors (Lipinski definition) is 1. The van der Waals surface area contributed by atoms with Crippen molar-refractivity contribution in [2.75, 3.05) is 18.6 Å². The summed E-state index contributed by atoms with van der Waals surface area (Å²) < 4.78 is 0. The number of hydrogen-bond acceptors (Lipinski definition) is 2. The molecule has 0 atom stereocenters. The van der Waals surface area contributed by atoms with E-state index < -0.39 is 0 Å². The summed E-state index contributed by atoms with van der Waals surface area (Å²) in [5.74, 6) is 0.498. The highest BCUT2D eigenvalue weighted by molar-refractivity contribution is 6.09. The average molecular weight is 354 g/mol. The molecule has 0 radical (unpaired) electrons. The van der Waals surface area contributed by atoms with E-state index in [0.29, 0.717) is 5.96 Å². The molecule has 0 fully saturated rings. The Kier molecular flexibility index (Phi) is 3.64. The lowest BCUT2D eigenvalue weighted by molar-refractivity contribution is 0.432. The number of guanidine groups is 1. The van der Waals surface area contributed by atoms with E-state index in [-0.39, 0.29) is 0 Å². The third-order valence-electron chi connectivity index (χ3n) is 5.54. The molecule has 4 nitrogen and oxygen atoms in total. The number of rotatable bonds is 2. The smallest absolute Gasteiger partial charge is 0.215 e. The van der Waals surface area contributed by atoms with E-state index in [1.807, 2.05) is 12.1 Å². The molecule has 2 aliphatic rings. The second-order valence-corrected chi connectivity index (χ2v) is 7.13. The normalized spacial score (nSPS) is 15.3. The molecule has 27 heavy (non-hydrogen) atoms. The molecule has 0 saturated heterocycles. The van der Waals surface area contributed by atoms with Crippen molar-refractivity contribution in [2.45, 2.75) is 12.8 Å². The second kappa shape index (κ2) is 6.16. The van der Waals surface area contributed by atoms with Crippen molar-refractivity contribution in [3.63, 3.8) is 0 Å². The van der Waals surface area contributed by atoms with E-state index in [1.54, 1.807) is 0 Å². The SMILES string of the molecule is CN(C(N)=Nc1ccc2c3c(cccc13)C=C2)N1CCCc2ccccc21. The minimum Gasteiger partial charge on any atom is -0.368 e. The summed E-state index contributed by atoms with van der Waals surface area (Å²) in [7, 11) is 1.99. The summed E-state index contributed by atoms with van der Waals surface area (Å²) >= 11 is 0. The van der Waals surface area contributed by atoms with E-state index in [0.717, 1.165) is 30.5 Å². The lowest BCUT2D eigenvalue weighted by Crippen LogP contribution is -2.49. The van der Waals surface area contributed by atoms with Crippen LogP contribution in [0.15, 0.2) is 59.6 Å². The first-order valence-electron chi connectivity index (χ1n) is 9.39. The molecule has 5 rings (SSSR count). The maximum absolute atomic E-state index is 6.44. The van der Waals surface area contributed by atoms with Crippen LogP contribution in [0.25, 0.3) is 22.9 Å². The van der Waals surface area contributed by atoms with E-state index in [9.17, 15) is 0 Å². The van der Waals surface area contributed by atoms with Crippen LogP contribution in [-0.4, -0.2) is 24.6 Å². The van der Waals surface area contributed by atoms with Gasteiger partial charge in [0, 0.05) is 19.0 Å². The van der Waals surface area contributed by atoms with Crippen LogP contribution in [0.2, 0.25) is 0 Å². The van der Waals surface area contributed by atoms with Gasteiger partial charge in [-0.2, -0.15) is 0 Å². The predicted octanol–water partition coefficient (Wildman–Crippen LogP) is 4.57. The fourth-order valence-electron chi connectivity index (χ4n) is 4.15. The number of nitrogens with two attached hydrogens (primary N) is 1. The molecule has 1 aliphatic carbocycles. The number of aliphatic imine (C=N–C) groups is 1. The van der Waals surface area contributed by atoms with Gasteiger partial charge in [-0.3, -0.25) is 10.0 Å². The second-order valence-electron chi connectivity index (χ2n) is 7.13. The van der Waals surface area contributed by atoms with Gasteiger partial charge in [-0.1, -0.05) is 54.6 Å². The molecular weight excluding hydrogens is 332 g/mol. The predicted molar refractivity (Wildman–Crippen MR) is 114 cm³/mol. The molecule has 2 N–H and O–H groups in total. The van der Waals surface area contributed by atoms with E-state index in [4.69, 9.17) is 10.7 Å². The number of fused-ring (bicyclic) bond motifs is 1. The molecule has 0 saturated carbocycles. The van der Waals surface area contributed by atoms with Gasteiger partial charge in [0.2, 0.25) is 5.96 Å². The number of para-hydroxylation sites is 1. The first-order chi connectivity index (χ1) is 13.2. The highest BCUT2D eigenvalue weighted by Gasteiger charge is 2.21. The molecule has 0 amide bonds. The van der Waals surface area contributed by atoms with Crippen molar-refractivity contribution in [3.05, 3.63) is 71.3 Å². The molecule has 1 heterocycles. The topological polar surface area (TPSA) is 44.9 Å². The van der Waals surface area contributed by atoms with Crippen molar-refractivity contribution < 1.29 is 0 Å². The monoisotopic (exact) mass is 354 g/mol. The van der Waals surface area contributed by atoms with Crippen LogP contribution in [0.3, 0.4) is 0 Å². The number of benzene rings is 3. The van der Waals surface area contributed by atoms with Crippen LogP contribution >= 0.6 is 0 Å². The van der Waals surface area contributed by atoms with Crippen LogP contribution in [0.5, 0.6) is 0 Å². The highest BCUT2D eigenvalue weighted by atomic mass is 15.6. The number of anilines is 1. The van der Waals surface area contributed by atoms with Crippen molar-refractivity contribution in [1.82, 2.24) is 5.01 Å². The van der Waals surface area contributed by atoms with Crippen LogP contribution < -0.4 is 10.7 Å². The molecule has 134 valence electrons. The van der Waals surface area contributed by atoms with Crippen LogP contribution in [0.1, 0.15) is 23.1 Å². The molecule has 4 heteroatoms. The van der Waals surface area contributed by atoms with Crippen molar-refractivity contribution >= 4 is 40.3 Å². The molecule has 0 bridgehead atoms. The maximum atomic E-state index is 6.44. The summed E-state index contributed by atoms with van der Waals surface area (Å²) in [5, 5.41) is 6.60. The van der Waals surface area contributed by atoms with Gasteiger partial charge >= 0.3 is 0 Å². The Hall–Kier alpha value is -3.27. The van der Waals surface area contributed by atoms with Crippen LogP contribution in [-0.2, 0) is 6.42 Å². The Morgan fingerprint density at radius 1 is 1.00 bits per heavy atom. The van der Waals surface area contributed by atoms with Gasteiger partial charge in [0.25, 0.3) is 0 Å². The Morgan fingerprint density at radius 3 is 2.70 bits per heavy atom. The lowest BCUT2D eigenvalue weighted by atomic mass is 10.0. The van der Waals surface area contributed by atoms with E-state index in [1.165, 1.54) is 27.8 Å². The summed E-state index contributed by atoms with van der Waals surface area (Å²) in [6.07, 6.45) is 6.54. The number of aryl methyl sites for hydroxylation is 1. The largest absolute Gasteiger partial charge is 0.368 e. The Morgan fingerprint density at radius 2 is 1.81 bits per heavy atom. The zero-order chi connectivity index (χ0) is 18.4. The third kappa shape index (κ3) is 2.56. The number of hydrazine groups is 1. The lowest BCUT2D eigenvalue weighted by Gasteiger charge is -2.38. The summed E-state index contributed by atoms with van der Waals surface area (Å²) in [5.41, 5.74) is 12.4. The minimum atomic E-state index is 0.498. The fraction of sp³-hybridized carbons (Fsp3) is 0.174.